The molecule has 1 aromatic rings. The van der Waals surface area contributed by atoms with Crippen molar-refractivity contribution >= 4 is 21.9 Å². The van der Waals surface area contributed by atoms with E-state index in [1.54, 1.807) is 0 Å². The summed E-state index contributed by atoms with van der Waals surface area (Å²) < 4.78 is 2.16. The zero-order chi connectivity index (χ0) is 15.3. The molecule has 0 radical (unpaired) electrons. The Labute approximate surface area is 135 Å². The van der Waals surface area contributed by atoms with E-state index < -0.39 is 11.1 Å². The first-order valence-electron chi connectivity index (χ1n) is 8.65. The van der Waals surface area contributed by atoms with Crippen LogP contribution in [0.1, 0.15) is 58.8 Å². The Balaban J connectivity index is 1.54. The van der Waals surface area contributed by atoms with Crippen molar-refractivity contribution in [2.24, 2.45) is 22.2 Å². The molecule has 1 aliphatic heterocycles. The molecular weight excluding hydrogens is 294 g/mol. The molecule has 22 heavy (non-hydrogen) atoms. The van der Waals surface area contributed by atoms with E-state index in [4.69, 9.17) is 4.99 Å². The van der Waals surface area contributed by atoms with E-state index in [9.17, 15) is 5.11 Å². The van der Waals surface area contributed by atoms with E-state index in [1.165, 1.54) is 43.6 Å². The highest BCUT2D eigenvalue weighted by molar-refractivity contribution is 8.29. The Morgan fingerprint density at radius 1 is 1.36 bits per heavy atom. The van der Waals surface area contributed by atoms with Crippen LogP contribution < -0.4 is 0 Å². The summed E-state index contributed by atoms with van der Waals surface area (Å²) in [5.41, 5.74) is 0.0929. The molecule has 3 unspecified atom stereocenters. The zero-order valence-corrected chi connectivity index (χ0v) is 14.5. The zero-order valence-electron chi connectivity index (χ0n) is 13.6. The van der Waals surface area contributed by atoms with E-state index in [0.717, 1.165) is 12.2 Å². The van der Waals surface area contributed by atoms with Crippen LogP contribution in [0.15, 0.2) is 17.5 Å². The number of hydrogen-bond donors (Lipinski definition) is 2. The lowest BCUT2D eigenvalue weighted by Gasteiger charge is -2.41. The standard InChI is InChI=1S/C17H27N3OS/c1-17(2)8-4-3-5-13(17)9-15(21)22-16(12-6-7-12)19-14-10-18-11-20(14)22/h10-13,15,21-22H,3-9H2,1-2H3. The topological polar surface area (TPSA) is 50.4 Å². The maximum atomic E-state index is 11.0. The van der Waals surface area contributed by atoms with E-state index in [-0.39, 0.29) is 5.44 Å². The third kappa shape index (κ3) is 2.52. The lowest BCUT2D eigenvalue weighted by molar-refractivity contribution is 0.0959. The SMILES string of the molecule is CC1(C)CCCCC1CC(O)[SH]1C(C2CC2)=Nc2cncn21. The number of aliphatic hydroxyl groups is 1. The summed E-state index contributed by atoms with van der Waals surface area (Å²) >= 11 is -0.732. The summed E-state index contributed by atoms with van der Waals surface area (Å²) in [6.07, 6.45) is 12.3. The lowest BCUT2D eigenvalue weighted by Crippen LogP contribution is -2.32. The molecule has 5 heteroatoms. The number of nitrogens with zero attached hydrogens (tertiary/aromatic N) is 3. The maximum Gasteiger partial charge on any atom is 0.162 e. The Morgan fingerprint density at radius 2 is 2.18 bits per heavy atom. The highest BCUT2D eigenvalue weighted by Crippen LogP contribution is 2.54. The number of hydrogen-bond acceptors (Lipinski definition) is 3. The van der Waals surface area contributed by atoms with Crippen molar-refractivity contribution < 1.29 is 5.11 Å². The summed E-state index contributed by atoms with van der Waals surface area (Å²) in [5, 5.41) is 12.3. The van der Waals surface area contributed by atoms with Gasteiger partial charge in [0.2, 0.25) is 0 Å². The first-order valence-corrected chi connectivity index (χ1v) is 10.0. The van der Waals surface area contributed by atoms with Crippen molar-refractivity contribution in [3.63, 3.8) is 0 Å². The second-order valence-corrected chi connectivity index (χ2v) is 10.0. The summed E-state index contributed by atoms with van der Waals surface area (Å²) in [6.45, 7) is 4.76. The fourth-order valence-corrected chi connectivity index (χ4v) is 6.67. The van der Waals surface area contributed by atoms with Gasteiger partial charge in [0.05, 0.1) is 11.2 Å². The molecule has 4 rings (SSSR count). The van der Waals surface area contributed by atoms with E-state index >= 15 is 0 Å². The van der Waals surface area contributed by atoms with E-state index in [1.807, 2.05) is 12.5 Å². The third-order valence-corrected chi connectivity index (χ3v) is 8.23. The smallest absolute Gasteiger partial charge is 0.162 e. The van der Waals surface area contributed by atoms with Crippen LogP contribution >= 0.6 is 11.1 Å². The van der Waals surface area contributed by atoms with Gasteiger partial charge in [-0.05, 0) is 43.4 Å². The molecule has 2 saturated carbocycles. The fourth-order valence-electron chi connectivity index (χ4n) is 4.08. The number of aromatic nitrogens is 2. The number of thiol groups is 1. The molecule has 0 aromatic carbocycles. The average Bonchev–Trinajstić information content (AvgIpc) is 3.10. The van der Waals surface area contributed by atoms with Gasteiger partial charge in [-0.1, -0.05) is 26.7 Å². The minimum atomic E-state index is -0.732. The van der Waals surface area contributed by atoms with Crippen LogP contribution in [0.5, 0.6) is 0 Å². The molecule has 0 spiro atoms. The summed E-state index contributed by atoms with van der Waals surface area (Å²) in [6, 6.07) is 0. The van der Waals surface area contributed by atoms with Gasteiger partial charge in [-0.15, -0.1) is 11.1 Å². The van der Waals surface area contributed by atoms with Crippen LogP contribution in [0.3, 0.4) is 0 Å². The Hall–Kier alpha value is -0.810. The minimum Gasteiger partial charge on any atom is -0.382 e. The van der Waals surface area contributed by atoms with Crippen molar-refractivity contribution in [2.45, 2.75) is 64.2 Å². The molecule has 1 aromatic heterocycles. The fraction of sp³-hybridized carbons (Fsp3) is 0.765. The highest BCUT2D eigenvalue weighted by Gasteiger charge is 2.41. The van der Waals surface area contributed by atoms with Gasteiger partial charge in [0.1, 0.15) is 11.8 Å². The van der Waals surface area contributed by atoms with Gasteiger partial charge in [0.25, 0.3) is 0 Å². The number of aliphatic hydroxyl groups excluding tert-OH is 1. The van der Waals surface area contributed by atoms with Crippen molar-refractivity contribution in [2.75, 3.05) is 0 Å². The van der Waals surface area contributed by atoms with Gasteiger partial charge >= 0.3 is 0 Å². The Morgan fingerprint density at radius 3 is 2.91 bits per heavy atom. The highest BCUT2D eigenvalue weighted by atomic mass is 32.2. The second kappa shape index (κ2) is 5.38. The first kappa shape index (κ1) is 14.8. The molecule has 3 atom stereocenters. The molecule has 4 nitrogen and oxygen atoms in total. The van der Waals surface area contributed by atoms with Crippen molar-refractivity contribution in [3.05, 3.63) is 12.5 Å². The molecule has 0 saturated heterocycles. The molecule has 2 heterocycles. The minimum absolute atomic E-state index is 0.271. The molecule has 0 amide bonds. The van der Waals surface area contributed by atoms with Gasteiger partial charge in [0, 0.05) is 5.92 Å². The van der Waals surface area contributed by atoms with Gasteiger partial charge in [-0.2, -0.15) is 0 Å². The predicted molar refractivity (Wildman–Crippen MR) is 92.8 cm³/mol. The van der Waals surface area contributed by atoms with Crippen LogP contribution in [-0.2, 0) is 0 Å². The average molecular weight is 321 g/mol. The molecule has 0 bridgehead atoms. The molecular formula is C17H27N3OS. The summed E-state index contributed by atoms with van der Waals surface area (Å²) in [4.78, 5) is 9.02. The second-order valence-electron chi connectivity index (χ2n) is 7.83. The normalized spacial score (nSPS) is 33.3. The van der Waals surface area contributed by atoms with Gasteiger partial charge < -0.3 is 5.11 Å². The van der Waals surface area contributed by atoms with E-state index in [2.05, 4.69) is 22.8 Å². The van der Waals surface area contributed by atoms with Crippen LogP contribution in [0.25, 0.3) is 0 Å². The summed E-state index contributed by atoms with van der Waals surface area (Å²) in [7, 11) is 0. The van der Waals surface area contributed by atoms with Crippen molar-refractivity contribution in [3.8, 4) is 0 Å². The maximum absolute atomic E-state index is 11.0. The quantitative estimate of drug-likeness (QED) is 0.823. The number of aliphatic imine (C=N–C) groups is 1. The Kier molecular flexibility index (Phi) is 3.61. The number of fused-ring (bicyclic) bond motifs is 1. The monoisotopic (exact) mass is 321 g/mol. The molecule has 2 fully saturated rings. The van der Waals surface area contributed by atoms with Crippen LogP contribution in [0.2, 0.25) is 0 Å². The predicted octanol–water partition coefficient (Wildman–Crippen LogP) is 4.03. The third-order valence-electron chi connectivity index (χ3n) is 5.75. The van der Waals surface area contributed by atoms with Crippen LogP contribution in [0, 0.1) is 17.3 Å². The van der Waals surface area contributed by atoms with Crippen LogP contribution in [0.4, 0.5) is 5.82 Å². The van der Waals surface area contributed by atoms with Crippen molar-refractivity contribution in [1.29, 1.82) is 0 Å². The Bertz CT molecular complexity index is 590. The summed E-state index contributed by atoms with van der Waals surface area (Å²) in [5.74, 6) is 2.21. The lowest BCUT2D eigenvalue weighted by atomic mass is 9.68. The largest absolute Gasteiger partial charge is 0.382 e. The number of rotatable bonds is 4. The van der Waals surface area contributed by atoms with Gasteiger partial charge in [0.15, 0.2) is 5.82 Å². The van der Waals surface area contributed by atoms with Crippen LogP contribution in [-0.4, -0.2) is 24.5 Å². The van der Waals surface area contributed by atoms with E-state index in [0.29, 0.717) is 17.3 Å². The van der Waals surface area contributed by atoms with Gasteiger partial charge in [-0.25, -0.2) is 9.98 Å². The molecule has 122 valence electrons. The van der Waals surface area contributed by atoms with Crippen molar-refractivity contribution in [1.82, 2.24) is 8.96 Å². The first-order chi connectivity index (χ1) is 10.6. The number of imidazole rings is 1. The molecule has 2 aliphatic carbocycles. The molecule has 1 N–H and O–H groups in total. The van der Waals surface area contributed by atoms with Gasteiger partial charge in [-0.3, -0.25) is 3.97 Å². The molecule has 3 aliphatic rings.